The second-order valence-electron chi connectivity index (χ2n) is 7.88. The van der Waals surface area contributed by atoms with Gasteiger partial charge < -0.3 is 15.4 Å². The summed E-state index contributed by atoms with van der Waals surface area (Å²) < 4.78 is 5.28. The zero-order chi connectivity index (χ0) is 16.6. The smallest absolute Gasteiger partial charge is 0.224 e. The summed E-state index contributed by atoms with van der Waals surface area (Å²) in [7, 11) is 1.69. The molecule has 1 aliphatic heterocycles. The molecule has 1 heterocycles. The van der Waals surface area contributed by atoms with Crippen LogP contribution in [0.2, 0.25) is 0 Å². The minimum absolute atomic E-state index is 0.167. The van der Waals surface area contributed by atoms with E-state index in [1.54, 1.807) is 7.11 Å². The molecule has 0 aromatic heterocycles. The molecule has 1 aromatic carbocycles. The van der Waals surface area contributed by atoms with E-state index < -0.39 is 0 Å². The molecule has 4 heteroatoms. The Morgan fingerprint density at radius 2 is 1.79 bits per heavy atom. The number of carbonyl (C=O) groups excluding carboxylic acids is 1. The number of piperidine rings is 1. The summed E-state index contributed by atoms with van der Waals surface area (Å²) >= 11 is 0. The summed E-state index contributed by atoms with van der Waals surface area (Å²) in [6, 6.07) is 8.26. The van der Waals surface area contributed by atoms with Crippen molar-refractivity contribution in [2.24, 2.45) is 11.3 Å². The number of carbonyl (C=O) groups is 1. The van der Waals surface area contributed by atoms with Gasteiger partial charge in [-0.1, -0.05) is 25.0 Å². The van der Waals surface area contributed by atoms with Crippen LogP contribution in [0.25, 0.3) is 0 Å². The summed E-state index contributed by atoms with van der Waals surface area (Å²) in [6.07, 6.45) is 7.86. The van der Waals surface area contributed by atoms with Gasteiger partial charge in [0.1, 0.15) is 5.75 Å². The zero-order valence-electron chi connectivity index (χ0n) is 14.6. The average molecular weight is 328 g/mol. The summed E-state index contributed by atoms with van der Waals surface area (Å²) in [4.78, 5) is 13.0. The molecule has 1 saturated heterocycles. The molecular formula is C20H28N2O2. The van der Waals surface area contributed by atoms with Crippen LogP contribution in [-0.4, -0.2) is 26.1 Å². The molecule has 3 aliphatic rings. The Kier molecular flexibility index (Phi) is 4.03. The van der Waals surface area contributed by atoms with Gasteiger partial charge in [0.25, 0.3) is 0 Å². The van der Waals surface area contributed by atoms with Crippen LogP contribution in [-0.2, 0) is 10.3 Å². The third kappa shape index (κ3) is 2.71. The molecule has 0 radical (unpaired) electrons. The maximum absolute atomic E-state index is 13.0. The minimum Gasteiger partial charge on any atom is -0.497 e. The number of ether oxygens (including phenoxy) is 1. The molecule has 1 aromatic rings. The summed E-state index contributed by atoms with van der Waals surface area (Å²) in [5.74, 6) is 1.39. The molecule has 1 unspecified atom stereocenters. The summed E-state index contributed by atoms with van der Waals surface area (Å²) in [5, 5.41) is 6.89. The van der Waals surface area contributed by atoms with Gasteiger partial charge in [0, 0.05) is 5.92 Å². The van der Waals surface area contributed by atoms with Crippen LogP contribution in [0.4, 0.5) is 0 Å². The lowest BCUT2D eigenvalue weighted by Gasteiger charge is -2.32. The number of methoxy groups -OCH3 is 1. The fourth-order valence-corrected chi connectivity index (χ4v) is 4.89. The van der Waals surface area contributed by atoms with E-state index in [4.69, 9.17) is 4.74 Å². The molecule has 0 bridgehead atoms. The average Bonchev–Trinajstić information content (AvgIpc) is 3.10. The van der Waals surface area contributed by atoms with E-state index in [0.717, 1.165) is 50.9 Å². The van der Waals surface area contributed by atoms with Crippen molar-refractivity contribution in [1.29, 1.82) is 0 Å². The van der Waals surface area contributed by atoms with Crippen LogP contribution in [0.1, 0.15) is 50.5 Å². The number of rotatable bonds is 4. The Hall–Kier alpha value is -1.55. The van der Waals surface area contributed by atoms with E-state index in [-0.39, 0.29) is 17.4 Å². The zero-order valence-corrected chi connectivity index (χ0v) is 14.6. The van der Waals surface area contributed by atoms with E-state index in [9.17, 15) is 4.79 Å². The van der Waals surface area contributed by atoms with E-state index in [1.165, 1.54) is 18.4 Å². The van der Waals surface area contributed by atoms with Gasteiger partial charge in [0.2, 0.25) is 5.91 Å². The fraction of sp³-hybridized carbons (Fsp3) is 0.650. The predicted octanol–water partition coefficient (Wildman–Crippen LogP) is 2.97. The summed E-state index contributed by atoms with van der Waals surface area (Å²) in [6.45, 7) is 2.13. The van der Waals surface area contributed by atoms with Crippen molar-refractivity contribution in [1.82, 2.24) is 10.6 Å². The second kappa shape index (κ2) is 6.07. The highest BCUT2D eigenvalue weighted by atomic mass is 16.5. The normalized spacial score (nSPS) is 27.0. The Balaban J connectivity index is 1.50. The molecule has 3 fully saturated rings. The topological polar surface area (TPSA) is 50.4 Å². The van der Waals surface area contributed by atoms with E-state index in [2.05, 4.69) is 22.8 Å². The van der Waals surface area contributed by atoms with Gasteiger partial charge in [-0.2, -0.15) is 0 Å². The van der Waals surface area contributed by atoms with Crippen LogP contribution < -0.4 is 15.4 Å². The number of nitrogens with one attached hydrogen (secondary N) is 2. The first-order valence-corrected chi connectivity index (χ1v) is 9.35. The molecule has 4 rings (SSSR count). The Bertz CT molecular complexity index is 599. The molecule has 2 aliphatic carbocycles. The first-order chi connectivity index (χ1) is 11.7. The number of amides is 1. The van der Waals surface area contributed by atoms with E-state index >= 15 is 0 Å². The Morgan fingerprint density at radius 3 is 2.42 bits per heavy atom. The molecular weight excluding hydrogens is 300 g/mol. The molecule has 1 spiro atoms. The van der Waals surface area contributed by atoms with Crippen LogP contribution in [0.3, 0.4) is 0 Å². The standard InChI is InChI=1S/C20H28N2O2/c1-24-16-6-4-15(5-7-16)20(8-2-3-9-20)22-18(23)17-14-19(17)10-12-21-13-11-19/h4-7,17,21H,2-3,8-14H2,1H3,(H,22,23). The SMILES string of the molecule is COc1ccc(C2(NC(=O)C3CC34CCNCC4)CCCC2)cc1. The molecule has 24 heavy (non-hydrogen) atoms. The fourth-order valence-electron chi connectivity index (χ4n) is 4.89. The van der Waals surface area contributed by atoms with Crippen molar-refractivity contribution in [3.63, 3.8) is 0 Å². The van der Waals surface area contributed by atoms with Crippen molar-refractivity contribution >= 4 is 5.91 Å². The van der Waals surface area contributed by atoms with Crippen molar-refractivity contribution in [3.05, 3.63) is 29.8 Å². The third-order valence-corrected chi connectivity index (χ3v) is 6.57. The summed E-state index contributed by atoms with van der Waals surface area (Å²) in [5.41, 5.74) is 1.36. The first kappa shape index (κ1) is 15.9. The number of benzene rings is 1. The highest BCUT2D eigenvalue weighted by molar-refractivity contribution is 5.83. The molecule has 130 valence electrons. The number of hydrogen-bond acceptors (Lipinski definition) is 3. The van der Waals surface area contributed by atoms with Crippen LogP contribution in [0.5, 0.6) is 5.75 Å². The van der Waals surface area contributed by atoms with E-state index in [1.807, 2.05) is 12.1 Å². The van der Waals surface area contributed by atoms with Crippen molar-refractivity contribution in [2.75, 3.05) is 20.2 Å². The van der Waals surface area contributed by atoms with Gasteiger partial charge in [-0.05, 0) is 68.3 Å². The minimum atomic E-state index is -0.167. The van der Waals surface area contributed by atoms with Gasteiger partial charge in [0.15, 0.2) is 0 Å². The molecule has 1 atom stereocenters. The molecule has 2 saturated carbocycles. The number of hydrogen-bond donors (Lipinski definition) is 2. The quantitative estimate of drug-likeness (QED) is 0.893. The molecule has 2 N–H and O–H groups in total. The van der Waals surface area contributed by atoms with Crippen LogP contribution in [0.15, 0.2) is 24.3 Å². The lowest BCUT2D eigenvalue weighted by atomic mass is 9.87. The highest BCUT2D eigenvalue weighted by Crippen LogP contribution is 2.59. The van der Waals surface area contributed by atoms with Crippen LogP contribution in [0, 0.1) is 11.3 Å². The Labute approximate surface area is 144 Å². The largest absolute Gasteiger partial charge is 0.497 e. The van der Waals surface area contributed by atoms with Gasteiger partial charge in [0.05, 0.1) is 12.6 Å². The second-order valence-corrected chi connectivity index (χ2v) is 7.88. The van der Waals surface area contributed by atoms with Gasteiger partial charge >= 0.3 is 0 Å². The van der Waals surface area contributed by atoms with Gasteiger partial charge in [-0.3, -0.25) is 4.79 Å². The van der Waals surface area contributed by atoms with Crippen LogP contribution >= 0.6 is 0 Å². The molecule has 1 amide bonds. The van der Waals surface area contributed by atoms with Crippen molar-refractivity contribution in [3.8, 4) is 5.75 Å². The lowest BCUT2D eigenvalue weighted by molar-refractivity contribution is -0.125. The first-order valence-electron chi connectivity index (χ1n) is 9.35. The van der Waals surface area contributed by atoms with Crippen molar-refractivity contribution < 1.29 is 9.53 Å². The monoisotopic (exact) mass is 328 g/mol. The predicted molar refractivity (Wildman–Crippen MR) is 93.9 cm³/mol. The third-order valence-electron chi connectivity index (χ3n) is 6.57. The molecule has 4 nitrogen and oxygen atoms in total. The Morgan fingerprint density at radius 1 is 1.12 bits per heavy atom. The van der Waals surface area contributed by atoms with Gasteiger partial charge in [-0.15, -0.1) is 0 Å². The maximum atomic E-state index is 13.0. The highest BCUT2D eigenvalue weighted by Gasteiger charge is 2.58. The van der Waals surface area contributed by atoms with Crippen molar-refractivity contribution in [2.45, 2.75) is 50.5 Å². The van der Waals surface area contributed by atoms with E-state index in [0.29, 0.717) is 5.41 Å². The lowest BCUT2D eigenvalue weighted by Crippen LogP contribution is -2.45. The maximum Gasteiger partial charge on any atom is 0.224 e. The van der Waals surface area contributed by atoms with Gasteiger partial charge in [-0.25, -0.2) is 0 Å².